The maximum Gasteiger partial charge on any atom is 0.326 e. The molecule has 4 aliphatic heterocycles. The van der Waals surface area contributed by atoms with Gasteiger partial charge < -0.3 is 18.9 Å². The second-order valence-electron chi connectivity index (χ2n) is 22.5. The van der Waals surface area contributed by atoms with Gasteiger partial charge in [-0.15, -0.1) is 0 Å². The monoisotopic (exact) mass is 1050 g/mol. The van der Waals surface area contributed by atoms with Crippen LogP contribution < -0.4 is 0 Å². The van der Waals surface area contributed by atoms with Crippen molar-refractivity contribution in [1.29, 1.82) is 0 Å². The van der Waals surface area contributed by atoms with E-state index in [-0.39, 0.29) is 67.1 Å². The summed E-state index contributed by atoms with van der Waals surface area (Å²) in [5, 5.41) is 0. The van der Waals surface area contributed by atoms with Crippen LogP contribution in [0.5, 0.6) is 0 Å². The fourth-order valence-corrected chi connectivity index (χ4v) is 14.5. The van der Waals surface area contributed by atoms with Gasteiger partial charge in [0.05, 0.1) is 26.4 Å². The minimum absolute atomic E-state index is 0.171. The van der Waals surface area contributed by atoms with Gasteiger partial charge in [-0.3, -0.25) is 77.1 Å². The Bertz CT molecular complexity index is 2430. The zero-order chi connectivity index (χ0) is 53.6. The highest BCUT2D eigenvalue weighted by molar-refractivity contribution is 6.15. The van der Waals surface area contributed by atoms with Gasteiger partial charge in [-0.1, -0.05) is 12.8 Å². The van der Waals surface area contributed by atoms with Gasteiger partial charge in [0.1, 0.15) is 13.1 Å². The summed E-state index contributed by atoms with van der Waals surface area (Å²) >= 11 is 0. The molecule has 10 aliphatic rings. The van der Waals surface area contributed by atoms with Gasteiger partial charge in [0.25, 0.3) is 47.3 Å². The second-order valence-corrected chi connectivity index (χ2v) is 22.5. The molecule has 20 nitrogen and oxygen atoms in total. The minimum atomic E-state index is -0.583. The number of amides is 8. The second kappa shape index (κ2) is 24.2. The molecule has 408 valence electrons. The third-order valence-electron chi connectivity index (χ3n) is 18.0. The molecule has 0 spiro atoms. The standard InChI is InChI=1S/C32H42N2O8.C24H26N2O8/c35-27-9-10-28(36)33(27)13-5-1-3-7-31(39)41-19-21-15-24-22-17-23(25(18-22)26(24)16-21)20-42-32(40)8-4-2-6-14-34-29(37)11-12-30(34)38;27-19-1-2-20(28)25(19)9-23(31)33-11-13-5-16-14-7-15(17(8-14)18(16)6-13)12-34-24(32)10-26-21(29)3-4-22(26)30/h9-12,21-26H,1-8,13-20H2;1-4,13-18H,5-12H2. The average molecular weight is 1050 g/mol. The SMILES string of the molecule is O=C(CCCCCN1C(=O)C=CC1=O)OCC1CC2C3CC(COC(=O)CCCCCN4C(=O)C=CC4=O)C(C3)C2C1.O=C(CN1C(=O)C=CC1=O)OCC1CC2C3CC(COC(=O)CN4C(=O)C=CC4=O)C(C3)C2C1. The van der Waals surface area contributed by atoms with Crippen molar-refractivity contribution in [2.24, 2.45) is 71.0 Å². The van der Waals surface area contributed by atoms with Gasteiger partial charge in [-0.05, 0) is 148 Å². The first kappa shape index (κ1) is 54.2. The maximum absolute atomic E-state index is 12.3. The molecule has 20 heteroatoms. The highest BCUT2D eigenvalue weighted by Crippen LogP contribution is 2.63. The molecule has 4 bridgehead atoms. The van der Waals surface area contributed by atoms with Crippen molar-refractivity contribution in [2.45, 2.75) is 103 Å². The lowest BCUT2D eigenvalue weighted by Crippen LogP contribution is -2.37. The van der Waals surface area contributed by atoms with E-state index in [0.717, 1.165) is 91.9 Å². The lowest BCUT2D eigenvalue weighted by Gasteiger charge is -2.31. The Labute approximate surface area is 440 Å². The molecule has 0 aromatic rings. The first-order valence-electron chi connectivity index (χ1n) is 27.4. The summed E-state index contributed by atoms with van der Waals surface area (Å²) in [6.45, 7) is 1.57. The molecule has 76 heavy (non-hydrogen) atoms. The number of esters is 4. The van der Waals surface area contributed by atoms with E-state index in [2.05, 4.69) is 0 Å². The van der Waals surface area contributed by atoms with E-state index < -0.39 is 35.6 Å². The molecule has 0 saturated heterocycles. The fraction of sp³-hybridized carbons (Fsp3) is 0.643. The summed E-state index contributed by atoms with van der Waals surface area (Å²) < 4.78 is 22.1. The molecule has 0 aromatic heterocycles. The van der Waals surface area contributed by atoms with Crippen molar-refractivity contribution in [3.8, 4) is 0 Å². The van der Waals surface area contributed by atoms with E-state index in [1.165, 1.54) is 40.5 Å². The largest absolute Gasteiger partial charge is 0.465 e. The smallest absolute Gasteiger partial charge is 0.326 e. The normalized spacial score (nSPS) is 31.2. The third kappa shape index (κ3) is 12.6. The van der Waals surface area contributed by atoms with Crippen LogP contribution in [-0.2, 0) is 76.5 Å². The number of carbonyl (C=O) groups is 12. The highest BCUT2D eigenvalue weighted by atomic mass is 16.5. The van der Waals surface area contributed by atoms with Crippen LogP contribution in [0.1, 0.15) is 103 Å². The minimum Gasteiger partial charge on any atom is -0.465 e. The van der Waals surface area contributed by atoms with Crippen LogP contribution in [0.15, 0.2) is 48.6 Å². The summed E-state index contributed by atoms with van der Waals surface area (Å²) in [6, 6.07) is 0. The van der Waals surface area contributed by atoms with Crippen molar-refractivity contribution in [1.82, 2.24) is 19.6 Å². The third-order valence-corrected chi connectivity index (χ3v) is 18.0. The molecule has 0 radical (unpaired) electrons. The van der Waals surface area contributed by atoms with Crippen LogP contribution in [0.3, 0.4) is 0 Å². The molecular formula is C56H68N4O16. The number of unbranched alkanes of at least 4 members (excludes halogenated alkanes) is 4. The Morgan fingerprint density at radius 2 is 0.658 bits per heavy atom. The molecule has 10 rings (SSSR count). The number of rotatable bonds is 24. The van der Waals surface area contributed by atoms with Crippen molar-refractivity contribution in [2.75, 3.05) is 52.6 Å². The number of ether oxygens (including phenoxy) is 4. The first-order chi connectivity index (χ1) is 36.6. The van der Waals surface area contributed by atoms with Gasteiger partial charge in [0.15, 0.2) is 0 Å². The van der Waals surface area contributed by atoms with Crippen LogP contribution in [0.4, 0.5) is 0 Å². The van der Waals surface area contributed by atoms with Gasteiger partial charge >= 0.3 is 23.9 Å². The number of hydrogen-bond acceptors (Lipinski definition) is 16. The maximum atomic E-state index is 12.3. The Kier molecular flexibility index (Phi) is 17.2. The molecule has 0 N–H and O–H groups in total. The molecule has 6 fully saturated rings. The number of imide groups is 4. The summed E-state index contributed by atoms with van der Waals surface area (Å²) in [7, 11) is 0. The molecule has 6 saturated carbocycles. The first-order valence-corrected chi connectivity index (χ1v) is 27.4. The predicted molar refractivity (Wildman–Crippen MR) is 263 cm³/mol. The van der Waals surface area contributed by atoms with E-state index in [1.807, 2.05) is 0 Å². The van der Waals surface area contributed by atoms with E-state index in [1.54, 1.807) is 0 Å². The van der Waals surface area contributed by atoms with Crippen LogP contribution in [-0.4, -0.2) is 143 Å². The van der Waals surface area contributed by atoms with E-state index in [9.17, 15) is 57.5 Å². The summed E-state index contributed by atoms with van der Waals surface area (Å²) in [4.78, 5) is 146. The van der Waals surface area contributed by atoms with E-state index >= 15 is 0 Å². The molecule has 12 atom stereocenters. The van der Waals surface area contributed by atoms with Crippen molar-refractivity contribution in [3.05, 3.63) is 48.6 Å². The quantitative estimate of drug-likeness (QED) is 0.0580. The summed E-state index contributed by atoms with van der Waals surface area (Å²) in [5.74, 6) is 1.43. The summed E-state index contributed by atoms with van der Waals surface area (Å²) in [6.07, 6.45) is 23.2. The molecular weight excluding hydrogens is 985 g/mol. The van der Waals surface area contributed by atoms with E-state index in [4.69, 9.17) is 18.9 Å². The zero-order valence-corrected chi connectivity index (χ0v) is 42.8. The zero-order valence-electron chi connectivity index (χ0n) is 42.8. The topological polar surface area (TPSA) is 255 Å². The predicted octanol–water partition coefficient (Wildman–Crippen LogP) is 3.56. The lowest BCUT2D eigenvalue weighted by molar-refractivity contribution is -0.153. The number of carbonyl (C=O) groups excluding carboxylic acids is 12. The van der Waals surface area contributed by atoms with Crippen molar-refractivity contribution >= 4 is 71.1 Å². The highest BCUT2D eigenvalue weighted by Gasteiger charge is 2.57. The number of nitrogens with zero attached hydrogens (tertiary/aromatic N) is 4. The average Bonchev–Trinajstić information content (AvgIpc) is 4.39. The molecule has 8 amide bonds. The molecule has 6 aliphatic carbocycles. The van der Waals surface area contributed by atoms with Crippen LogP contribution in [0, 0.1) is 71.0 Å². The van der Waals surface area contributed by atoms with Gasteiger partial charge in [-0.25, -0.2) is 0 Å². The van der Waals surface area contributed by atoms with Crippen molar-refractivity contribution in [3.63, 3.8) is 0 Å². The molecule has 0 aromatic carbocycles. The van der Waals surface area contributed by atoms with Crippen LogP contribution >= 0.6 is 0 Å². The molecule has 4 heterocycles. The van der Waals surface area contributed by atoms with Gasteiger partial charge in [-0.2, -0.15) is 0 Å². The number of fused-ring (bicyclic) bond motifs is 10. The van der Waals surface area contributed by atoms with E-state index in [0.29, 0.717) is 131 Å². The van der Waals surface area contributed by atoms with Crippen LogP contribution in [0.2, 0.25) is 0 Å². The Morgan fingerprint density at radius 3 is 1.04 bits per heavy atom. The lowest BCUT2D eigenvalue weighted by atomic mass is 9.76. The number of hydrogen-bond donors (Lipinski definition) is 0. The van der Waals surface area contributed by atoms with Crippen molar-refractivity contribution < 1.29 is 76.5 Å². The Balaban J connectivity index is 0.000000190. The Hall–Kier alpha value is -6.60. The van der Waals surface area contributed by atoms with Crippen LogP contribution in [0.25, 0.3) is 0 Å². The van der Waals surface area contributed by atoms with Gasteiger partial charge in [0, 0.05) is 74.5 Å². The van der Waals surface area contributed by atoms with Gasteiger partial charge in [0.2, 0.25) is 0 Å². The molecule has 12 unspecified atom stereocenters. The fourth-order valence-electron chi connectivity index (χ4n) is 14.5. The Morgan fingerprint density at radius 1 is 0.342 bits per heavy atom. The summed E-state index contributed by atoms with van der Waals surface area (Å²) in [5.41, 5.74) is 0.